The minimum absolute atomic E-state index is 0. The molecule has 0 aliphatic carbocycles. The second kappa shape index (κ2) is 7.95. The van der Waals surface area contributed by atoms with Gasteiger partial charge in [-0.25, -0.2) is 12.1 Å². The Hall–Kier alpha value is -0.677. The fourth-order valence-corrected chi connectivity index (χ4v) is 0.846. The minimum atomic E-state index is 0. The summed E-state index contributed by atoms with van der Waals surface area (Å²) in [5, 5.41) is 0. The molecule has 0 amide bonds. The summed E-state index contributed by atoms with van der Waals surface area (Å²) < 4.78 is 0. The second-order valence-electron chi connectivity index (χ2n) is 2.38. The standard InChI is InChI=1S/C7H7.C5H5.Zr/c1-2-7-5-3-4-6-7;1-2-4-5-3-1;/h2-6H,1H2;1-5H;/q2*-1;+2. The fourth-order valence-electron chi connectivity index (χ4n) is 0.846. The molecule has 64 valence electrons. The van der Waals surface area contributed by atoms with E-state index in [9.17, 15) is 0 Å². The third-order valence-corrected chi connectivity index (χ3v) is 1.48. The monoisotopic (exact) mass is 246 g/mol. The molecule has 0 nitrogen and oxygen atoms in total. The predicted octanol–water partition coefficient (Wildman–Crippen LogP) is 3.45. The van der Waals surface area contributed by atoms with Gasteiger partial charge in [-0.1, -0.05) is 0 Å². The maximum Gasteiger partial charge on any atom is 2.00 e. The van der Waals surface area contributed by atoms with Crippen molar-refractivity contribution >= 4 is 6.08 Å². The Balaban J connectivity index is 0.000000215. The van der Waals surface area contributed by atoms with Crippen LogP contribution in [0.2, 0.25) is 0 Å². The van der Waals surface area contributed by atoms with E-state index < -0.39 is 0 Å². The van der Waals surface area contributed by atoms with Gasteiger partial charge in [0, 0.05) is 0 Å². The van der Waals surface area contributed by atoms with Gasteiger partial charge in [-0.15, -0.1) is 18.7 Å². The molecule has 0 saturated heterocycles. The van der Waals surface area contributed by atoms with Gasteiger partial charge >= 0.3 is 26.2 Å². The zero-order valence-corrected chi connectivity index (χ0v) is 9.94. The molecule has 0 radical (unpaired) electrons. The molecule has 0 aliphatic heterocycles. The Morgan fingerprint density at radius 1 is 1.08 bits per heavy atom. The summed E-state index contributed by atoms with van der Waals surface area (Å²) in [7, 11) is 0. The van der Waals surface area contributed by atoms with Crippen molar-refractivity contribution in [1.82, 2.24) is 0 Å². The Kier molecular flexibility index (Phi) is 7.53. The van der Waals surface area contributed by atoms with E-state index in [-0.39, 0.29) is 26.2 Å². The van der Waals surface area contributed by atoms with Crippen LogP contribution < -0.4 is 0 Å². The molecule has 0 atom stereocenters. The first kappa shape index (κ1) is 12.3. The first-order chi connectivity index (χ1) is 5.93. The van der Waals surface area contributed by atoms with Crippen LogP contribution in [-0.4, -0.2) is 0 Å². The molecule has 1 heteroatoms. The van der Waals surface area contributed by atoms with E-state index in [1.807, 2.05) is 60.7 Å². The van der Waals surface area contributed by atoms with Crippen molar-refractivity contribution in [3.05, 3.63) is 66.7 Å². The third-order valence-electron chi connectivity index (χ3n) is 1.48. The Bertz CT molecular complexity index is 260. The number of rotatable bonds is 1. The molecule has 0 bridgehead atoms. The molecule has 13 heavy (non-hydrogen) atoms. The van der Waals surface area contributed by atoms with Crippen LogP contribution in [0.5, 0.6) is 0 Å². The molecular formula is C12H12Zr. The average Bonchev–Trinajstić information content (AvgIpc) is 2.81. The molecule has 2 aromatic rings. The van der Waals surface area contributed by atoms with Gasteiger partial charge in [-0.05, 0) is 0 Å². The smallest absolute Gasteiger partial charge is 0.214 e. The van der Waals surface area contributed by atoms with Gasteiger partial charge in [0.1, 0.15) is 0 Å². The zero-order valence-electron chi connectivity index (χ0n) is 7.48. The van der Waals surface area contributed by atoms with Gasteiger partial charge < -0.3 is 0 Å². The fraction of sp³-hybridized carbons (Fsp3) is 0. The van der Waals surface area contributed by atoms with Gasteiger partial charge in [0.15, 0.2) is 0 Å². The summed E-state index contributed by atoms with van der Waals surface area (Å²) in [4.78, 5) is 0. The molecule has 0 aliphatic rings. The van der Waals surface area contributed by atoms with E-state index in [2.05, 4.69) is 6.58 Å². The molecule has 0 fully saturated rings. The van der Waals surface area contributed by atoms with E-state index in [1.54, 1.807) is 0 Å². The van der Waals surface area contributed by atoms with Gasteiger partial charge in [-0.2, -0.15) is 42.0 Å². The molecule has 0 saturated carbocycles. The van der Waals surface area contributed by atoms with Crippen molar-refractivity contribution in [1.29, 1.82) is 0 Å². The first-order valence-electron chi connectivity index (χ1n) is 3.94. The van der Waals surface area contributed by atoms with E-state index in [0.29, 0.717) is 0 Å². The van der Waals surface area contributed by atoms with Gasteiger partial charge in [-0.3, -0.25) is 0 Å². The molecule has 0 spiro atoms. The first-order valence-corrected chi connectivity index (χ1v) is 3.94. The Morgan fingerprint density at radius 2 is 1.77 bits per heavy atom. The van der Waals surface area contributed by atoms with Crippen LogP contribution in [-0.2, 0) is 26.2 Å². The van der Waals surface area contributed by atoms with Crippen LogP contribution in [0.25, 0.3) is 6.08 Å². The Labute approximate surface area is 98.8 Å². The average molecular weight is 247 g/mol. The molecule has 0 aromatic heterocycles. The van der Waals surface area contributed by atoms with Crippen molar-refractivity contribution in [2.75, 3.05) is 0 Å². The summed E-state index contributed by atoms with van der Waals surface area (Å²) in [5.41, 5.74) is 1.19. The van der Waals surface area contributed by atoms with Crippen molar-refractivity contribution in [3.63, 3.8) is 0 Å². The van der Waals surface area contributed by atoms with Gasteiger partial charge in [0.2, 0.25) is 0 Å². The predicted molar refractivity (Wildman–Crippen MR) is 54.2 cm³/mol. The van der Waals surface area contributed by atoms with Crippen molar-refractivity contribution in [2.45, 2.75) is 0 Å². The summed E-state index contributed by atoms with van der Waals surface area (Å²) in [6, 6.07) is 18.0. The molecular weight excluding hydrogens is 235 g/mol. The van der Waals surface area contributed by atoms with Crippen LogP contribution in [0.4, 0.5) is 0 Å². The summed E-state index contributed by atoms with van der Waals surface area (Å²) >= 11 is 0. The normalized spacial score (nSPS) is 7.69. The van der Waals surface area contributed by atoms with E-state index in [1.165, 1.54) is 5.56 Å². The third kappa shape index (κ3) is 5.54. The Morgan fingerprint density at radius 3 is 2.00 bits per heavy atom. The maximum absolute atomic E-state index is 3.60. The SMILES string of the molecule is C=Cc1ccc[cH-]1.[Zr+2].c1cc[cH-]c1. The zero-order chi connectivity index (χ0) is 8.65. The summed E-state index contributed by atoms with van der Waals surface area (Å²) in [5.74, 6) is 0. The van der Waals surface area contributed by atoms with Crippen LogP contribution in [0.15, 0.2) is 61.2 Å². The van der Waals surface area contributed by atoms with Crippen molar-refractivity contribution in [3.8, 4) is 0 Å². The van der Waals surface area contributed by atoms with E-state index in [4.69, 9.17) is 0 Å². The van der Waals surface area contributed by atoms with Crippen LogP contribution in [0.1, 0.15) is 5.56 Å². The summed E-state index contributed by atoms with van der Waals surface area (Å²) in [6.45, 7) is 3.60. The quantitative estimate of drug-likeness (QED) is 0.677. The molecule has 0 heterocycles. The largest absolute Gasteiger partial charge is 2.00 e. The van der Waals surface area contributed by atoms with Gasteiger partial charge in [0.25, 0.3) is 0 Å². The molecule has 0 N–H and O–H groups in total. The maximum atomic E-state index is 3.60. The number of hydrogen-bond donors (Lipinski definition) is 0. The number of hydrogen-bond acceptors (Lipinski definition) is 0. The second-order valence-corrected chi connectivity index (χ2v) is 2.38. The van der Waals surface area contributed by atoms with Crippen molar-refractivity contribution < 1.29 is 26.2 Å². The van der Waals surface area contributed by atoms with Crippen LogP contribution in [0, 0.1) is 0 Å². The van der Waals surface area contributed by atoms with Crippen LogP contribution >= 0.6 is 0 Å². The minimum Gasteiger partial charge on any atom is -0.214 e. The van der Waals surface area contributed by atoms with E-state index in [0.717, 1.165) is 0 Å². The molecule has 2 aromatic carbocycles. The topological polar surface area (TPSA) is 0 Å². The van der Waals surface area contributed by atoms with Gasteiger partial charge in [0.05, 0.1) is 0 Å². The van der Waals surface area contributed by atoms with Crippen molar-refractivity contribution in [2.24, 2.45) is 0 Å². The van der Waals surface area contributed by atoms with Crippen LogP contribution in [0.3, 0.4) is 0 Å². The molecule has 2 rings (SSSR count). The summed E-state index contributed by atoms with van der Waals surface area (Å²) in [6.07, 6.45) is 1.83. The molecule has 0 unspecified atom stereocenters. The van der Waals surface area contributed by atoms with E-state index >= 15 is 0 Å².